The normalized spacial score (nSPS) is 11.4. The molecule has 0 atom stereocenters. The predicted molar refractivity (Wildman–Crippen MR) is 130 cm³/mol. The first kappa shape index (κ1) is 26.2. The van der Waals surface area contributed by atoms with Crippen LogP contribution in [-0.4, -0.2) is 23.1 Å². The van der Waals surface area contributed by atoms with Crippen molar-refractivity contribution in [2.45, 2.75) is 55.4 Å². The summed E-state index contributed by atoms with van der Waals surface area (Å²) >= 11 is 0. The molecule has 0 bridgehead atoms. The van der Waals surface area contributed by atoms with Crippen LogP contribution in [0.25, 0.3) is 0 Å². The van der Waals surface area contributed by atoms with Gasteiger partial charge in [0.25, 0.3) is 0 Å². The molecule has 0 saturated heterocycles. The summed E-state index contributed by atoms with van der Waals surface area (Å²) in [4.78, 5) is 50.7. The molecule has 0 radical (unpaired) electrons. The number of rotatable bonds is 10. The molecule has 0 N–H and O–H groups in total. The highest BCUT2D eigenvalue weighted by Crippen LogP contribution is 2.29. The van der Waals surface area contributed by atoms with Gasteiger partial charge in [-0.1, -0.05) is 55.4 Å². The minimum atomic E-state index is -0.246. The molecule has 0 aromatic heterocycles. The monoisotopic (exact) mass is 450 g/mol. The lowest BCUT2D eigenvalue weighted by atomic mass is 9.94. The van der Waals surface area contributed by atoms with Gasteiger partial charge >= 0.3 is 0 Å². The van der Waals surface area contributed by atoms with Crippen LogP contribution in [0.15, 0.2) is 36.4 Å². The fraction of sp³-hybridized carbons (Fsp3) is 0.429. The Bertz CT molecular complexity index is 912. The molecule has 2 aromatic rings. The Morgan fingerprint density at radius 1 is 0.455 bits per heavy atom. The number of ketones is 4. The van der Waals surface area contributed by atoms with Crippen LogP contribution in [0.5, 0.6) is 11.5 Å². The molecular formula is C28H34O5. The quantitative estimate of drug-likeness (QED) is 0.371. The summed E-state index contributed by atoms with van der Waals surface area (Å²) in [5, 5.41) is 0. The number of carbonyl (C=O) groups is 4. The number of ether oxygens (including phenoxy) is 1. The molecule has 176 valence electrons. The van der Waals surface area contributed by atoms with Crippen LogP contribution in [0.3, 0.4) is 0 Å². The topological polar surface area (TPSA) is 77.5 Å². The summed E-state index contributed by atoms with van der Waals surface area (Å²) in [7, 11) is 0. The van der Waals surface area contributed by atoms with E-state index in [1.807, 2.05) is 0 Å². The van der Waals surface area contributed by atoms with Crippen molar-refractivity contribution in [1.82, 2.24) is 0 Å². The Morgan fingerprint density at radius 2 is 0.667 bits per heavy atom. The van der Waals surface area contributed by atoms with Crippen LogP contribution in [0, 0.1) is 23.7 Å². The van der Waals surface area contributed by atoms with Gasteiger partial charge in [0.15, 0.2) is 23.1 Å². The van der Waals surface area contributed by atoms with E-state index in [2.05, 4.69) is 0 Å². The summed E-state index contributed by atoms with van der Waals surface area (Å²) in [5.41, 5.74) is 1.55. The first-order valence-electron chi connectivity index (χ1n) is 11.5. The Morgan fingerprint density at radius 3 is 0.848 bits per heavy atom. The van der Waals surface area contributed by atoms with Gasteiger partial charge in [0.2, 0.25) is 0 Å². The van der Waals surface area contributed by atoms with Gasteiger partial charge in [-0.05, 0) is 36.4 Å². The van der Waals surface area contributed by atoms with Crippen molar-refractivity contribution in [3.05, 3.63) is 58.7 Å². The molecule has 5 heteroatoms. The Kier molecular flexibility index (Phi) is 8.48. The van der Waals surface area contributed by atoms with E-state index in [-0.39, 0.29) is 46.8 Å². The number of Topliss-reactive ketones (excluding diaryl/α,β-unsaturated/α-hetero) is 4. The van der Waals surface area contributed by atoms with Gasteiger partial charge in [-0.15, -0.1) is 0 Å². The molecule has 0 aliphatic heterocycles. The van der Waals surface area contributed by atoms with Crippen LogP contribution in [0.2, 0.25) is 0 Å². The zero-order valence-corrected chi connectivity index (χ0v) is 20.8. The fourth-order valence-electron chi connectivity index (χ4n) is 3.35. The molecule has 0 saturated carbocycles. The third-order valence-corrected chi connectivity index (χ3v) is 5.28. The van der Waals surface area contributed by atoms with Crippen molar-refractivity contribution >= 4 is 23.1 Å². The number of benzene rings is 2. The second-order valence-corrected chi connectivity index (χ2v) is 9.67. The van der Waals surface area contributed by atoms with Crippen molar-refractivity contribution < 1.29 is 23.9 Å². The summed E-state index contributed by atoms with van der Waals surface area (Å²) in [6, 6.07) is 9.59. The Hall–Kier alpha value is -3.08. The van der Waals surface area contributed by atoms with E-state index in [1.165, 1.54) is 0 Å². The van der Waals surface area contributed by atoms with E-state index in [4.69, 9.17) is 4.74 Å². The Labute approximate surface area is 196 Å². The van der Waals surface area contributed by atoms with Crippen LogP contribution in [-0.2, 0) is 0 Å². The molecule has 0 fully saturated rings. The van der Waals surface area contributed by atoms with Gasteiger partial charge in [-0.2, -0.15) is 0 Å². The molecule has 0 amide bonds. The summed E-state index contributed by atoms with van der Waals surface area (Å²) in [5.74, 6) is -0.765. The smallest absolute Gasteiger partial charge is 0.165 e. The van der Waals surface area contributed by atoms with E-state index < -0.39 is 0 Å². The third-order valence-electron chi connectivity index (χ3n) is 5.28. The summed E-state index contributed by atoms with van der Waals surface area (Å²) < 4.78 is 6.05. The standard InChI is InChI=1S/C28H34O5/c1-15(2)25(29)19-9-20(26(30)16(3)4)12-23(11-19)33-24-13-21(27(31)17(5)6)10-22(14-24)28(32)18(7)8/h9-18H,1-8H3. The van der Waals surface area contributed by atoms with Gasteiger partial charge in [0, 0.05) is 45.9 Å². The maximum Gasteiger partial charge on any atom is 0.165 e. The van der Waals surface area contributed by atoms with Crippen molar-refractivity contribution in [1.29, 1.82) is 0 Å². The zero-order chi connectivity index (χ0) is 25.0. The lowest BCUT2D eigenvalue weighted by Gasteiger charge is -2.15. The van der Waals surface area contributed by atoms with Crippen LogP contribution in [0.4, 0.5) is 0 Å². The van der Waals surface area contributed by atoms with Crippen LogP contribution < -0.4 is 4.74 Å². The highest BCUT2D eigenvalue weighted by atomic mass is 16.5. The highest BCUT2D eigenvalue weighted by Gasteiger charge is 2.20. The second kappa shape index (κ2) is 10.7. The molecule has 2 aromatic carbocycles. The van der Waals surface area contributed by atoms with Crippen molar-refractivity contribution in [3.8, 4) is 11.5 Å². The van der Waals surface area contributed by atoms with Gasteiger partial charge in [0.05, 0.1) is 0 Å². The molecule has 0 spiro atoms. The van der Waals surface area contributed by atoms with Gasteiger partial charge < -0.3 is 4.74 Å². The minimum absolute atomic E-state index is 0.0994. The summed E-state index contributed by atoms with van der Waals surface area (Å²) in [6.45, 7) is 14.4. The molecule has 2 rings (SSSR count). The molecule has 0 heterocycles. The van der Waals surface area contributed by atoms with E-state index in [9.17, 15) is 19.2 Å². The number of hydrogen-bond donors (Lipinski definition) is 0. The molecular weight excluding hydrogens is 416 g/mol. The van der Waals surface area contributed by atoms with Crippen LogP contribution in [0.1, 0.15) is 96.8 Å². The maximum atomic E-state index is 12.7. The number of carbonyl (C=O) groups excluding carboxylic acids is 4. The fourth-order valence-corrected chi connectivity index (χ4v) is 3.35. The van der Waals surface area contributed by atoms with Gasteiger partial charge in [0.1, 0.15) is 11.5 Å². The van der Waals surface area contributed by atoms with Crippen molar-refractivity contribution in [2.24, 2.45) is 23.7 Å². The SMILES string of the molecule is CC(C)C(=O)c1cc(Oc2cc(C(=O)C(C)C)cc(C(=O)C(C)C)c2)cc(C(=O)C(C)C)c1. The molecule has 0 aliphatic carbocycles. The summed E-state index contributed by atoms with van der Waals surface area (Å²) in [6.07, 6.45) is 0. The van der Waals surface area contributed by atoms with E-state index >= 15 is 0 Å². The molecule has 0 unspecified atom stereocenters. The van der Waals surface area contributed by atoms with E-state index in [1.54, 1.807) is 91.8 Å². The van der Waals surface area contributed by atoms with E-state index in [0.717, 1.165) is 0 Å². The lowest BCUT2D eigenvalue weighted by Crippen LogP contribution is -2.13. The molecule has 0 aliphatic rings. The van der Waals surface area contributed by atoms with Crippen LogP contribution >= 0.6 is 0 Å². The maximum absolute atomic E-state index is 12.7. The molecule has 33 heavy (non-hydrogen) atoms. The first-order valence-corrected chi connectivity index (χ1v) is 11.5. The predicted octanol–water partition coefficient (Wildman–Crippen LogP) is 6.83. The van der Waals surface area contributed by atoms with E-state index in [0.29, 0.717) is 33.8 Å². The molecule has 5 nitrogen and oxygen atoms in total. The van der Waals surface area contributed by atoms with Gasteiger partial charge in [-0.25, -0.2) is 0 Å². The first-order chi connectivity index (χ1) is 15.3. The van der Waals surface area contributed by atoms with Crippen molar-refractivity contribution in [2.75, 3.05) is 0 Å². The second-order valence-electron chi connectivity index (χ2n) is 9.67. The number of hydrogen-bond acceptors (Lipinski definition) is 5. The average molecular weight is 451 g/mol. The lowest BCUT2D eigenvalue weighted by molar-refractivity contribution is 0.0925. The average Bonchev–Trinajstić information content (AvgIpc) is 2.75. The third kappa shape index (κ3) is 6.47. The Balaban J connectivity index is 2.62. The highest BCUT2D eigenvalue weighted by molar-refractivity contribution is 6.04. The minimum Gasteiger partial charge on any atom is -0.457 e. The zero-order valence-electron chi connectivity index (χ0n) is 20.8. The largest absolute Gasteiger partial charge is 0.457 e. The van der Waals surface area contributed by atoms with Gasteiger partial charge in [-0.3, -0.25) is 19.2 Å². The van der Waals surface area contributed by atoms with Crippen molar-refractivity contribution in [3.63, 3.8) is 0 Å².